The monoisotopic (exact) mass is 706 g/mol. The summed E-state index contributed by atoms with van der Waals surface area (Å²) in [6.45, 7) is 2.60. The van der Waals surface area contributed by atoms with E-state index in [1.165, 1.54) is 64.2 Å². The molecule has 1 rings (SSSR count). The largest absolute Gasteiger partial charge is 0.466 e. The predicted octanol–water partition coefficient (Wildman–Crippen LogP) is 6.70. The van der Waals surface area contributed by atoms with Gasteiger partial charge in [-0.3, -0.25) is 19.1 Å². The molecule has 196 valence electrons. The second-order valence-electron chi connectivity index (χ2n) is 8.93. The molecular weight excluding hydrogens is 665 g/mol. The highest BCUT2D eigenvalue weighted by molar-refractivity contribution is 14.1. The molecule has 0 radical (unpaired) electrons. The van der Waals surface area contributed by atoms with Gasteiger partial charge in [-0.05, 0) is 38.5 Å². The molecule has 1 aromatic heterocycles. The molecule has 0 fully saturated rings. The number of rotatable bonds is 20. The van der Waals surface area contributed by atoms with Crippen molar-refractivity contribution in [2.24, 2.45) is 0 Å². The molecule has 6 nitrogen and oxygen atoms in total. The molecule has 1 aromatic rings. The lowest BCUT2D eigenvalue weighted by Crippen LogP contribution is -2.31. The van der Waals surface area contributed by atoms with E-state index < -0.39 is 17.1 Å². The van der Waals surface area contributed by atoms with Gasteiger partial charge in [-0.1, -0.05) is 103 Å². The minimum atomic E-state index is -1.03. The van der Waals surface area contributed by atoms with E-state index in [0.29, 0.717) is 12.8 Å². The van der Waals surface area contributed by atoms with Crippen LogP contribution in [0.5, 0.6) is 0 Å². The van der Waals surface area contributed by atoms with Crippen molar-refractivity contribution in [3.63, 3.8) is 0 Å². The first-order chi connectivity index (χ1) is 16.3. The Labute approximate surface area is 230 Å². The molecule has 0 aromatic carbocycles. The van der Waals surface area contributed by atoms with Crippen molar-refractivity contribution in [3.8, 4) is 0 Å². The van der Waals surface area contributed by atoms with Crippen molar-refractivity contribution in [3.05, 3.63) is 32.9 Å². The van der Waals surface area contributed by atoms with E-state index in [4.69, 9.17) is 4.74 Å². The average Bonchev–Trinajstić information content (AvgIpc) is 2.79. The van der Waals surface area contributed by atoms with E-state index in [2.05, 4.69) is 52.1 Å². The first-order valence-electron chi connectivity index (χ1n) is 12.8. The van der Waals surface area contributed by atoms with Crippen LogP contribution in [0.15, 0.2) is 15.8 Å². The fourth-order valence-corrected chi connectivity index (χ4v) is 5.53. The second-order valence-corrected chi connectivity index (χ2v) is 12.5. The van der Waals surface area contributed by atoms with Crippen molar-refractivity contribution >= 4 is 51.2 Å². The van der Waals surface area contributed by atoms with Crippen LogP contribution >= 0.6 is 45.2 Å². The number of aryl methyl sites for hydroxylation is 1. The van der Waals surface area contributed by atoms with Gasteiger partial charge >= 0.3 is 11.7 Å². The lowest BCUT2D eigenvalue weighted by molar-refractivity contribution is -0.143. The number of nitrogens with zero attached hydrogens (tertiary/aromatic N) is 1. The maximum absolute atomic E-state index is 13.2. The number of aromatic amines is 1. The van der Waals surface area contributed by atoms with Gasteiger partial charge in [0.1, 0.15) is 0 Å². The summed E-state index contributed by atoms with van der Waals surface area (Å²) in [4.78, 5) is 36.3. The third-order valence-corrected chi connectivity index (χ3v) is 8.32. The van der Waals surface area contributed by atoms with Crippen LogP contribution in [-0.4, -0.2) is 30.0 Å². The number of halogens is 3. The van der Waals surface area contributed by atoms with Gasteiger partial charge in [-0.2, -0.15) is 4.39 Å². The maximum Gasteiger partial charge on any atom is 0.328 e. The first-order valence-corrected chi connectivity index (χ1v) is 15.3. The Hall–Kier alpha value is -0.460. The number of ether oxygens (including phenoxy) is 1. The zero-order valence-corrected chi connectivity index (χ0v) is 24.8. The number of hydrogen-bond acceptors (Lipinski definition) is 4. The van der Waals surface area contributed by atoms with Crippen LogP contribution in [0.4, 0.5) is 4.39 Å². The zero-order chi connectivity index (χ0) is 25.2. The van der Waals surface area contributed by atoms with Gasteiger partial charge < -0.3 is 4.74 Å². The van der Waals surface area contributed by atoms with Crippen LogP contribution in [0.1, 0.15) is 103 Å². The molecule has 0 aliphatic rings. The van der Waals surface area contributed by atoms with Crippen molar-refractivity contribution < 1.29 is 13.9 Å². The summed E-state index contributed by atoms with van der Waals surface area (Å²) in [7, 11) is 0. The summed E-state index contributed by atoms with van der Waals surface area (Å²) >= 11 is 5.23. The summed E-state index contributed by atoms with van der Waals surface area (Å²) in [5.74, 6) is -1.25. The normalized spacial score (nSPS) is 13.1. The molecule has 0 aliphatic carbocycles. The molecule has 0 aliphatic heterocycles. The summed E-state index contributed by atoms with van der Waals surface area (Å²) < 4.78 is 21.1. The summed E-state index contributed by atoms with van der Waals surface area (Å²) in [5.41, 5.74) is -1.70. The highest BCUT2D eigenvalue weighted by Gasteiger charge is 2.08. The number of alkyl halides is 2. The van der Waals surface area contributed by atoms with Crippen LogP contribution < -0.4 is 11.2 Å². The fourth-order valence-electron chi connectivity index (χ4n) is 3.77. The molecule has 0 bridgehead atoms. The van der Waals surface area contributed by atoms with Crippen molar-refractivity contribution in [1.29, 1.82) is 0 Å². The molecule has 0 amide bonds. The Kier molecular flexibility index (Phi) is 18.3. The van der Waals surface area contributed by atoms with Crippen molar-refractivity contribution in [1.82, 2.24) is 9.55 Å². The molecule has 0 spiro atoms. The number of unbranched alkanes of at least 4 members (excludes halogenated alkanes) is 6. The van der Waals surface area contributed by atoms with Gasteiger partial charge in [0.2, 0.25) is 5.82 Å². The predicted molar refractivity (Wildman–Crippen MR) is 153 cm³/mol. The van der Waals surface area contributed by atoms with E-state index in [9.17, 15) is 18.8 Å². The lowest BCUT2D eigenvalue weighted by atomic mass is 10.0. The highest BCUT2D eigenvalue weighted by atomic mass is 127. The lowest BCUT2D eigenvalue weighted by Gasteiger charge is -2.12. The van der Waals surface area contributed by atoms with Gasteiger partial charge in [-0.15, -0.1) is 0 Å². The van der Waals surface area contributed by atoms with Gasteiger partial charge in [-0.25, -0.2) is 4.79 Å². The molecule has 2 unspecified atom stereocenters. The number of H-pyrrole nitrogens is 1. The summed E-state index contributed by atoms with van der Waals surface area (Å²) in [6, 6.07) is 0. The minimum Gasteiger partial charge on any atom is -0.466 e. The standard InChI is InChI=1S/C25H41FI2N2O4/c1-2-3-7-12-20(27)14-10-15-21(28)13-8-5-4-6-9-16-23(31)34-18-11-17-30-19-22(26)24(32)29-25(30)33/h19-21H,2-18H2,1H3,(H,29,32,33). The number of aromatic nitrogens is 2. The van der Waals surface area contributed by atoms with Crippen LogP contribution in [0.2, 0.25) is 0 Å². The summed E-state index contributed by atoms with van der Waals surface area (Å²) in [6.07, 6.45) is 17.8. The van der Waals surface area contributed by atoms with Crippen molar-refractivity contribution in [2.75, 3.05) is 6.61 Å². The van der Waals surface area contributed by atoms with E-state index in [-0.39, 0.29) is 19.1 Å². The Morgan fingerprint density at radius 1 is 0.941 bits per heavy atom. The van der Waals surface area contributed by atoms with Crippen LogP contribution in [0, 0.1) is 5.82 Å². The number of carbonyl (C=O) groups is 1. The molecular formula is C25H41FI2N2O4. The van der Waals surface area contributed by atoms with E-state index in [1.807, 2.05) is 4.98 Å². The number of esters is 1. The molecule has 2 atom stereocenters. The average molecular weight is 706 g/mol. The van der Waals surface area contributed by atoms with Crippen LogP contribution in [0.25, 0.3) is 0 Å². The Bertz CT molecular complexity index is 800. The van der Waals surface area contributed by atoms with Crippen LogP contribution in [-0.2, 0) is 16.1 Å². The van der Waals surface area contributed by atoms with E-state index in [1.54, 1.807) is 0 Å². The minimum absolute atomic E-state index is 0.167. The Balaban J connectivity index is 1.96. The third kappa shape index (κ3) is 15.5. The number of hydrogen-bond donors (Lipinski definition) is 1. The Morgan fingerprint density at radius 2 is 1.53 bits per heavy atom. The van der Waals surface area contributed by atoms with Crippen molar-refractivity contribution in [2.45, 2.75) is 118 Å². The molecule has 9 heteroatoms. The van der Waals surface area contributed by atoms with Gasteiger partial charge in [0.25, 0.3) is 5.56 Å². The van der Waals surface area contributed by atoms with Gasteiger partial charge in [0.15, 0.2) is 0 Å². The van der Waals surface area contributed by atoms with Crippen LogP contribution in [0.3, 0.4) is 0 Å². The van der Waals surface area contributed by atoms with E-state index in [0.717, 1.165) is 37.9 Å². The Morgan fingerprint density at radius 3 is 2.21 bits per heavy atom. The molecule has 1 heterocycles. The SMILES string of the molecule is CCCCCC(I)CCCC(I)CCCCCCCC(=O)OCCCn1cc(F)c(=O)[nH]c1=O. The quantitative estimate of drug-likeness (QED) is 0.0709. The number of carbonyl (C=O) groups excluding carboxylic acids is 1. The second kappa shape index (κ2) is 19.7. The van der Waals surface area contributed by atoms with E-state index >= 15 is 0 Å². The third-order valence-electron chi connectivity index (χ3n) is 5.83. The molecule has 34 heavy (non-hydrogen) atoms. The zero-order valence-electron chi connectivity index (χ0n) is 20.5. The molecule has 0 saturated carbocycles. The van der Waals surface area contributed by atoms with Gasteiger partial charge in [0.05, 0.1) is 12.8 Å². The number of nitrogens with one attached hydrogen (secondary N) is 1. The fraction of sp³-hybridized carbons (Fsp3) is 0.800. The topological polar surface area (TPSA) is 81.2 Å². The summed E-state index contributed by atoms with van der Waals surface area (Å²) in [5, 5.41) is 0. The van der Waals surface area contributed by atoms with Gasteiger partial charge in [0, 0.05) is 20.8 Å². The maximum atomic E-state index is 13.2. The first kappa shape index (κ1) is 31.6. The molecule has 0 saturated heterocycles. The smallest absolute Gasteiger partial charge is 0.328 e. The molecule has 1 N–H and O–H groups in total. The highest BCUT2D eigenvalue weighted by Crippen LogP contribution is 2.23.